The molecule has 0 aliphatic rings. The molecular weight excluding hydrogens is 290 g/mol. The van der Waals surface area contributed by atoms with Crippen LogP contribution in [0.4, 0.5) is 5.69 Å². The van der Waals surface area contributed by atoms with E-state index in [1.165, 1.54) is 12.0 Å². The molecule has 0 fully saturated rings. The molecule has 108 valence electrons. The first kappa shape index (κ1) is 15.2. The lowest BCUT2D eigenvalue weighted by Gasteiger charge is -2.28. The number of rotatable bonds is 5. The van der Waals surface area contributed by atoms with Gasteiger partial charge in [-0.3, -0.25) is 14.5 Å². The Bertz CT molecular complexity index is 630. The molecule has 0 aliphatic heterocycles. The summed E-state index contributed by atoms with van der Waals surface area (Å²) in [5.74, 6) is -0.359. The normalized spacial score (nSPS) is 11.7. The summed E-state index contributed by atoms with van der Waals surface area (Å²) in [6.07, 6.45) is -0.484. The van der Waals surface area contributed by atoms with Crippen LogP contribution >= 0.6 is 11.6 Å². The number of benzene rings is 2. The van der Waals surface area contributed by atoms with E-state index in [9.17, 15) is 9.59 Å². The van der Waals surface area contributed by atoms with Gasteiger partial charge in [-0.25, -0.2) is 0 Å². The molecule has 0 saturated carbocycles. The lowest BCUT2D eigenvalue weighted by molar-refractivity contribution is -0.116. The predicted molar refractivity (Wildman–Crippen MR) is 81.6 cm³/mol. The van der Waals surface area contributed by atoms with E-state index >= 15 is 0 Å². The van der Waals surface area contributed by atoms with Crippen molar-refractivity contribution in [1.29, 1.82) is 0 Å². The van der Waals surface area contributed by atoms with Gasteiger partial charge in [0.2, 0.25) is 0 Å². The van der Waals surface area contributed by atoms with Gasteiger partial charge < -0.3 is 4.74 Å². The molecule has 2 rings (SSSR count). The number of carbonyl (C=O) groups excluding carboxylic acids is 2. The highest BCUT2D eigenvalue weighted by molar-refractivity contribution is 6.34. The van der Waals surface area contributed by atoms with Gasteiger partial charge in [-0.05, 0) is 24.3 Å². The van der Waals surface area contributed by atoms with Crippen molar-refractivity contribution in [3.8, 4) is 0 Å². The molecule has 2 aromatic rings. The van der Waals surface area contributed by atoms with Crippen LogP contribution < -0.4 is 4.90 Å². The number of hydrogen-bond donors (Lipinski definition) is 0. The van der Waals surface area contributed by atoms with Crippen molar-refractivity contribution in [3.05, 3.63) is 65.2 Å². The van der Waals surface area contributed by atoms with Crippen LogP contribution in [0.5, 0.6) is 0 Å². The van der Waals surface area contributed by atoms with Crippen LogP contribution in [0.15, 0.2) is 54.6 Å². The summed E-state index contributed by atoms with van der Waals surface area (Å²) in [6.45, 7) is 0. The molecule has 0 heterocycles. The van der Waals surface area contributed by atoms with Crippen molar-refractivity contribution in [3.63, 3.8) is 0 Å². The molecule has 5 heteroatoms. The summed E-state index contributed by atoms with van der Waals surface area (Å²) in [4.78, 5) is 25.2. The van der Waals surface area contributed by atoms with Gasteiger partial charge >= 0.3 is 0 Å². The van der Waals surface area contributed by atoms with E-state index < -0.39 is 6.23 Å². The van der Waals surface area contributed by atoms with E-state index in [1.54, 1.807) is 48.5 Å². The van der Waals surface area contributed by atoms with Gasteiger partial charge in [0.1, 0.15) is 0 Å². The van der Waals surface area contributed by atoms with Crippen LogP contribution in [-0.4, -0.2) is 25.5 Å². The van der Waals surface area contributed by atoms with Crippen LogP contribution in [0.25, 0.3) is 0 Å². The van der Waals surface area contributed by atoms with Crippen molar-refractivity contribution in [2.24, 2.45) is 0 Å². The highest BCUT2D eigenvalue weighted by atomic mass is 35.5. The van der Waals surface area contributed by atoms with Crippen molar-refractivity contribution in [2.75, 3.05) is 12.0 Å². The molecule has 0 radical (unpaired) electrons. The Hall–Kier alpha value is -2.17. The van der Waals surface area contributed by atoms with Gasteiger partial charge in [0.25, 0.3) is 5.91 Å². The zero-order chi connectivity index (χ0) is 15.2. The van der Waals surface area contributed by atoms with E-state index in [4.69, 9.17) is 16.3 Å². The van der Waals surface area contributed by atoms with Crippen LogP contribution in [0.2, 0.25) is 5.02 Å². The van der Waals surface area contributed by atoms with Gasteiger partial charge in [0.15, 0.2) is 12.5 Å². The largest absolute Gasteiger partial charge is 0.354 e. The first-order valence-corrected chi connectivity index (χ1v) is 6.68. The highest BCUT2D eigenvalue weighted by Gasteiger charge is 2.27. The number of amides is 1. The Morgan fingerprint density at radius 1 is 1.14 bits per heavy atom. The molecule has 0 unspecified atom stereocenters. The number of hydrogen-bond acceptors (Lipinski definition) is 3. The van der Waals surface area contributed by atoms with Gasteiger partial charge in [-0.2, -0.15) is 0 Å². The maximum atomic E-state index is 12.7. The molecule has 0 saturated heterocycles. The quantitative estimate of drug-likeness (QED) is 0.629. The Kier molecular flexibility index (Phi) is 5.09. The molecule has 0 bridgehead atoms. The molecule has 4 nitrogen and oxygen atoms in total. The predicted octanol–water partition coefficient (Wildman–Crippen LogP) is 3.16. The van der Waals surface area contributed by atoms with Crippen LogP contribution in [0.3, 0.4) is 0 Å². The average Bonchev–Trinajstić information content (AvgIpc) is 2.54. The van der Waals surface area contributed by atoms with E-state index in [0.717, 1.165) is 0 Å². The van der Waals surface area contributed by atoms with Crippen LogP contribution in [-0.2, 0) is 9.53 Å². The van der Waals surface area contributed by atoms with Crippen molar-refractivity contribution >= 4 is 29.5 Å². The number of carbonyl (C=O) groups is 2. The third-order valence-corrected chi connectivity index (χ3v) is 3.28. The second-order valence-corrected chi connectivity index (χ2v) is 4.66. The summed E-state index contributed by atoms with van der Waals surface area (Å²) in [6, 6.07) is 15.5. The van der Waals surface area contributed by atoms with Crippen molar-refractivity contribution in [1.82, 2.24) is 0 Å². The standard InChI is InChI=1S/C16H14ClNO3/c1-21-15(11-19)18(14-10-6-5-9-13(14)17)16(20)12-7-3-2-4-8-12/h2-11,15H,1H3/t15-/m0/s1. The van der Waals surface area contributed by atoms with E-state index in [-0.39, 0.29) is 5.91 Å². The minimum atomic E-state index is -1.04. The number of methoxy groups -OCH3 is 1. The highest BCUT2D eigenvalue weighted by Crippen LogP contribution is 2.28. The molecule has 1 atom stereocenters. The number of ether oxygens (including phenoxy) is 1. The fourth-order valence-electron chi connectivity index (χ4n) is 1.95. The van der Waals surface area contributed by atoms with Crippen molar-refractivity contribution in [2.45, 2.75) is 6.23 Å². The Balaban J connectivity index is 2.49. The van der Waals surface area contributed by atoms with Gasteiger partial charge in [0, 0.05) is 12.7 Å². The molecule has 0 aromatic heterocycles. The molecule has 0 N–H and O–H groups in total. The van der Waals surface area contributed by atoms with E-state index in [1.807, 2.05) is 6.07 Å². The first-order chi connectivity index (χ1) is 10.2. The molecule has 2 aromatic carbocycles. The number of para-hydroxylation sites is 1. The third kappa shape index (κ3) is 3.29. The summed E-state index contributed by atoms with van der Waals surface area (Å²) in [7, 11) is 1.36. The zero-order valence-electron chi connectivity index (χ0n) is 11.4. The number of anilines is 1. The Morgan fingerprint density at radius 2 is 1.76 bits per heavy atom. The first-order valence-electron chi connectivity index (χ1n) is 6.30. The number of nitrogens with zero attached hydrogens (tertiary/aromatic N) is 1. The monoisotopic (exact) mass is 303 g/mol. The molecule has 1 amide bonds. The lowest BCUT2D eigenvalue weighted by atomic mass is 10.1. The van der Waals surface area contributed by atoms with Crippen LogP contribution in [0, 0.1) is 0 Å². The summed E-state index contributed by atoms with van der Waals surface area (Å²) >= 11 is 6.14. The molecule has 0 spiro atoms. The molecular formula is C16H14ClNO3. The van der Waals surface area contributed by atoms with Crippen LogP contribution in [0.1, 0.15) is 10.4 Å². The molecule has 21 heavy (non-hydrogen) atoms. The molecule has 0 aliphatic carbocycles. The minimum Gasteiger partial charge on any atom is -0.354 e. The summed E-state index contributed by atoms with van der Waals surface area (Å²) in [5, 5.41) is 0.366. The van der Waals surface area contributed by atoms with Crippen molar-refractivity contribution < 1.29 is 14.3 Å². The fourth-order valence-corrected chi connectivity index (χ4v) is 2.18. The van der Waals surface area contributed by atoms with E-state index in [2.05, 4.69) is 0 Å². The topological polar surface area (TPSA) is 46.6 Å². The van der Waals surface area contributed by atoms with Gasteiger partial charge in [-0.15, -0.1) is 0 Å². The Labute approximate surface area is 127 Å². The maximum absolute atomic E-state index is 12.7. The third-order valence-electron chi connectivity index (χ3n) is 2.96. The SMILES string of the molecule is CO[C@@H](C=O)N(C(=O)c1ccccc1)c1ccccc1Cl. The smallest absolute Gasteiger partial charge is 0.260 e. The lowest BCUT2D eigenvalue weighted by Crippen LogP contribution is -2.43. The Morgan fingerprint density at radius 3 is 2.33 bits per heavy atom. The zero-order valence-corrected chi connectivity index (χ0v) is 12.2. The average molecular weight is 304 g/mol. The van der Waals surface area contributed by atoms with Gasteiger partial charge in [0.05, 0.1) is 10.7 Å². The fraction of sp³-hybridized carbons (Fsp3) is 0.125. The summed E-state index contributed by atoms with van der Waals surface area (Å²) in [5.41, 5.74) is 0.869. The number of halogens is 1. The number of aldehydes is 1. The maximum Gasteiger partial charge on any atom is 0.260 e. The second kappa shape index (κ2) is 7.02. The minimum absolute atomic E-state index is 0.359. The second-order valence-electron chi connectivity index (χ2n) is 4.25. The summed E-state index contributed by atoms with van der Waals surface area (Å²) < 4.78 is 5.09. The van der Waals surface area contributed by atoms with E-state index in [0.29, 0.717) is 22.6 Å². The van der Waals surface area contributed by atoms with Gasteiger partial charge in [-0.1, -0.05) is 41.9 Å².